The SMILES string of the molecule is O=C1C(SC2CCNCC2)C=CC2=COCC12. The Balaban J connectivity index is 1.66. The van der Waals surface area contributed by atoms with E-state index in [2.05, 4.69) is 11.4 Å². The minimum Gasteiger partial charge on any atom is -0.500 e. The van der Waals surface area contributed by atoms with Gasteiger partial charge in [0.25, 0.3) is 0 Å². The molecule has 2 aliphatic heterocycles. The van der Waals surface area contributed by atoms with Gasteiger partial charge in [-0.1, -0.05) is 12.2 Å². The number of hydrogen-bond acceptors (Lipinski definition) is 4. The van der Waals surface area contributed by atoms with E-state index in [0.29, 0.717) is 17.6 Å². The number of rotatable bonds is 2. The number of thioether (sulfide) groups is 1. The van der Waals surface area contributed by atoms with E-state index in [9.17, 15) is 4.79 Å². The second kappa shape index (κ2) is 4.86. The summed E-state index contributed by atoms with van der Waals surface area (Å²) in [5, 5.41) is 4.03. The highest BCUT2D eigenvalue weighted by Gasteiger charge is 2.35. The van der Waals surface area contributed by atoms with Crippen LogP contribution in [0.4, 0.5) is 0 Å². The van der Waals surface area contributed by atoms with Gasteiger partial charge in [0.15, 0.2) is 5.78 Å². The van der Waals surface area contributed by atoms with Crippen LogP contribution in [0.1, 0.15) is 12.8 Å². The standard InChI is InChI=1S/C13H17NO2S/c15-13-11-8-16-7-9(11)1-2-12(13)17-10-3-5-14-6-4-10/h1-2,7,10-12,14H,3-6,8H2. The fourth-order valence-electron chi connectivity index (χ4n) is 2.56. The molecular weight excluding hydrogens is 234 g/mol. The molecule has 3 nitrogen and oxygen atoms in total. The summed E-state index contributed by atoms with van der Waals surface area (Å²) in [5.41, 5.74) is 1.05. The lowest BCUT2D eigenvalue weighted by Gasteiger charge is -2.27. The molecule has 1 fully saturated rings. The van der Waals surface area contributed by atoms with Crippen LogP contribution in [0.15, 0.2) is 24.0 Å². The summed E-state index contributed by atoms with van der Waals surface area (Å²) in [7, 11) is 0. The van der Waals surface area contributed by atoms with E-state index in [1.54, 1.807) is 6.26 Å². The number of fused-ring (bicyclic) bond motifs is 1. The van der Waals surface area contributed by atoms with Gasteiger partial charge in [-0.3, -0.25) is 4.79 Å². The van der Waals surface area contributed by atoms with Crippen LogP contribution in [0, 0.1) is 5.92 Å². The smallest absolute Gasteiger partial charge is 0.160 e. The first-order chi connectivity index (χ1) is 8.34. The van der Waals surface area contributed by atoms with E-state index >= 15 is 0 Å². The Kier molecular flexibility index (Phi) is 3.25. The van der Waals surface area contributed by atoms with E-state index in [0.717, 1.165) is 18.7 Å². The predicted molar refractivity (Wildman–Crippen MR) is 68.9 cm³/mol. The predicted octanol–water partition coefficient (Wildman–Crippen LogP) is 1.51. The van der Waals surface area contributed by atoms with Crippen molar-refractivity contribution in [1.82, 2.24) is 5.32 Å². The van der Waals surface area contributed by atoms with Crippen molar-refractivity contribution >= 4 is 17.5 Å². The zero-order valence-electron chi connectivity index (χ0n) is 9.72. The second-order valence-electron chi connectivity index (χ2n) is 4.77. The van der Waals surface area contributed by atoms with Crippen LogP contribution in [0.25, 0.3) is 0 Å². The lowest BCUT2D eigenvalue weighted by Crippen LogP contribution is -2.34. The molecule has 92 valence electrons. The fourth-order valence-corrected chi connectivity index (χ4v) is 3.95. The molecule has 0 radical (unpaired) electrons. The highest BCUT2D eigenvalue weighted by Crippen LogP contribution is 2.35. The number of carbonyl (C=O) groups is 1. The highest BCUT2D eigenvalue weighted by molar-refractivity contribution is 8.01. The molecule has 0 amide bonds. The maximum Gasteiger partial charge on any atom is 0.160 e. The Morgan fingerprint density at radius 1 is 1.35 bits per heavy atom. The topological polar surface area (TPSA) is 38.3 Å². The van der Waals surface area contributed by atoms with Gasteiger partial charge in [-0.2, -0.15) is 0 Å². The molecule has 2 unspecified atom stereocenters. The molecule has 0 aromatic rings. The van der Waals surface area contributed by atoms with Gasteiger partial charge in [-0.25, -0.2) is 0 Å². The van der Waals surface area contributed by atoms with Crippen LogP contribution in [-0.2, 0) is 9.53 Å². The number of carbonyl (C=O) groups excluding carboxylic acids is 1. The molecule has 1 saturated heterocycles. The largest absolute Gasteiger partial charge is 0.500 e. The molecule has 1 N–H and O–H groups in total. The molecule has 4 heteroatoms. The third kappa shape index (κ3) is 2.29. The first-order valence-corrected chi connectivity index (χ1v) is 7.18. The summed E-state index contributed by atoms with van der Waals surface area (Å²) in [6, 6.07) is 0. The van der Waals surface area contributed by atoms with Crippen LogP contribution < -0.4 is 5.32 Å². The lowest BCUT2D eigenvalue weighted by molar-refractivity contribution is -0.121. The van der Waals surface area contributed by atoms with Crippen molar-refractivity contribution in [3.8, 4) is 0 Å². The van der Waals surface area contributed by atoms with Crippen molar-refractivity contribution in [1.29, 1.82) is 0 Å². The van der Waals surface area contributed by atoms with Crippen LogP contribution in [0.5, 0.6) is 0 Å². The summed E-state index contributed by atoms with van der Waals surface area (Å²) in [6.45, 7) is 2.71. The number of allylic oxidation sites excluding steroid dienone is 1. The number of piperidine rings is 1. The molecule has 3 aliphatic rings. The number of hydrogen-bond donors (Lipinski definition) is 1. The van der Waals surface area contributed by atoms with E-state index in [1.807, 2.05) is 17.8 Å². The second-order valence-corrected chi connectivity index (χ2v) is 6.22. The Morgan fingerprint density at radius 3 is 3.00 bits per heavy atom. The van der Waals surface area contributed by atoms with Crippen molar-refractivity contribution in [2.75, 3.05) is 19.7 Å². The first-order valence-electron chi connectivity index (χ1n) is 6.24. The van der Waals surface area contributed by atoms with E-state index in [-0.39, 0.29) is 11.2 Å². The van der Waals surface area contributed by atoms with Crippen LogP contribution in [-0.4, -0.2) is 36.0 Å². The van der Waals surface area contributed by atoms with Crippen LogP contribution >= 0.6 is 11.8 Å². The third-order valence-electron chi connectivity index (χ3n) is 3.60. The quantitative estimate of drug-likeness (QED) is 0.807. The normalized spacial score (nSPS) is 33.2. The molecular formula is C13H17NO2S. The molecule has 0 bridgehead atoms. The van der Waals surface area contributed by atoms with Gasteiger partial charge in [0.1, 0.15) is 6.61 Å². The zero-order chi connectivity index (χ0) is 11.7. The van der Waals surface area contributed by atoms with Crippen molar-refractivity contribution in [2.45, 2.75) is 23.3 Å². The summed E-state index contributed by atoms with van der Waals surface area (Å²) >= 11 is 1.84. The van der Waals surface area contributed by atoms with E-state index < -0.39 is 0 Å². The third-order valence-corrected chi connectivity index (χ3v) is 5.14. The number of Topliss-reactive ketones (excluding diaryl/α,β-unsaturated/α-hetero) is 1. The molecule has 0 saturated carbocycles. The van der Waals surface area contributed by atoms with Gasteiger partial charge in [0.2, 0.25) is 0 Å². The molecule has 17 heavy (non-hydrogen) atoms. The molecule has 0 spiro atoms. The van der Waals surface area contributed by atoms with Crippen molar-refractivity contribution in [2.24, 2.45) is 5.92 Å². The molecule has 0 aromatic carbocycles. The van der Waals surface area contributed by atoms with Gasteiger partial charge >= 0.3 is 0 Å². The Hall–Kier alpha value is -0.740. The fraction of sp³-hybridized carbons (Fsp3) is 0.615. The van der Waals surface area contributed by atoms with Crippen molar-refractivity contribution in [3.63, 3.8) is 0 Å². The molecule has 2 atom stereocenters. The maximum absolute atomic E-state index is 12.3. The number of nitrogens with one attached hydrogen (secondary N) is 1. The molecule has 1 aliphatic carbocycles. The van der Waals surface area contributed by atoms with Gasteiger partial charge in [0, 0.05) is 10.8 Å². The van der Waals surface area contributed by atoms with Gasteiger partial charge in [0.05, 0.1) is 17.4 Å². The molecule has 2 heterocycles. The average molecular weight is 251 g/mol. The Bertz CT molecular complexity index is 372. The summed E-state index contributed by atoms with van der Waals surface area (Å²) in [6.07, 6.45) is 8.19. The monoisotopic (exact) mass is 251 g/mol. The minimum absolute atomic E-state index is 0.000726. The van der Waals surface area contributed by atoms with E-state index in [4.69, 9.17) is 4.74 Å². The molecule has 0 aromatic heterocycles. The molecule has 3 rings (SSSR count). The Morgan fingerprint density at radius 2 is 2.18 bits per heavy atom. The summed E-state index contributed by atoms with van der Waals surface area (Å²) in [5.74, 6) is 0.332. The first kappa shape index (κ1) is 11.4. The van der Waals surface area contributed by atoms with Gasteiger partial charge < -0.3 is 10.1 Å². The minimum atomic E-state index is -0.000726. The van der Waals surface area contributed by atoms with Crippen LogP contribution in [0.2, 0.25) is 0 Å². The highest BCUT2D eigenvalue weighted by atomic mass is 32.2. The van der Waals surface area contributed by atoms with Crippen LogP contribution in [0.3, 0.4) is 0 Å². The van der Waals surface area contributed by atoms with Gasteiger partial charge in [-0.05, 0) is 25.9 Å². The Labute approximate surface area is 106 Å². The van der Waals surface area contributed by atoms with Gasteiger partial charge in [-0.15, -0.1) is 11.8 Å². The van der Waals surface area contributed by atoms with Crippen molar-refractivity contribution < 1.29 is 9.53 Å². The number of ether oxygens (including phenoxy) is 1. The lowest BCUT2D eigenvalue weighted by atomic mass is 9.90. The number of ketones is 1. The van der Waals surface area contributed by atoms with Crippen molar-refractivity contribution in [3.05, 3.63) is 24.0 Å². The zero-order valence-corrected chi connectivity index (χ0v) is 10.5. The summed E-state index contributed by atoms with van der Waals surface area (Å²) in [4.78, 5) is 12.3. The maximum atomic E-state index is 12.3. The average Bonchev–Trinajstić information content (AvgIpc) is 2.83. The summed E-state index contributed by atoms with van der Waals surface area (Å²) < 4.78 is 5.25. The van der Waals surface area contributed by atoms with E-state index in [1.165, 1.54) is 12.8 Å².